The minimum Gasteiger partial charge on any atom is -0.435 e. The van der Waals surface area contributed by atoms with Gasteiger partial charge in [0.05, 0.1) is 19.0 Å². The van der Waals surface area contributed by atoms with Crippen LogP contribution in [0.15, 0.2) is 29.1 Å². The average molecular weight is 312 g/mol. The maximum absolute atomic E-state index is 9.25. The number of nitrogens with zero attached hydrogens (tertiary/aromatic N) is 3. The number of hydrogen-bond acceptors (Lipinski definition) is 4. The third-order valence-corrected chi connectivity index (χ3v) is 2.82. The van der Waals surface area contributed by atoms with Crippen molar-refractivity contribution in [3.8, 4) is 11.6 Å². The summed E-state index contributed by atoms with van der Waals surface area (Å²) in [4.78, 5) is 4.13. The number of hydrogen-bond donors (Lipinski definition) is 1. The van der Waals surface area contributed by atoms with Gasteiger partial charge in [0.2, 0.25) is 5.88 Å². The number of pyridine rings is 1. The molecule has 0 saturated carbocycles. The Kier molecular flexibility index (Phi) is 3.98. The normalized spacial score (nSPS) is 10.9. The summed E-state index contributed by atoms with van der Waals surface area (Å²) >= 11 is 3.30. The van der Waals surface area contributed by atoms with Gasteiger partial charge in [-0.15, -0.1) is 0 Å². The summed E-state index contributed by atoms with van der Waals surface area (Å²) in [7, 11) is 0. The Labute approximate surface area is 114 Å². The van der Waals surface area contributed by atoms with Crippen molar-refractivity contribution < 1.29 is 9.84 Å². The lowest BCUT2D eigenvalue weighted by atomic mass is 10.3. The molecule has 2 aromatic heterocycles. The monoisotopic (exact) mass is 311 g/mol. The number of halogens is 1. The summed E-state index contributed by atoms with van der Waals surface area (Å²) in [6.45, 7) is 3.95. The first-order valence-electron chi connectivity index (χ1n) is 5.57. The van der Waals surface area contributed by atoms with Crippen LogP contribution in [0.5, 0.6) is 11.6 Å². The van der Waals surface area contributed by atoms with Gasteiger partial charge in [-0.2, -0.15) is 5.10 Å². The van der Waals surface area contributed by atoms with E-state index in [2.05, 4.69) is 26.0 Å². The van der Waals surface area contributed by atoms with Gasteiger partial charge in [-0.3, -0.25) is 4.68 Å². The van der Waals surface area contributed by atoms with E-state index in [4.69, 9.17) is 4.74 Å². The molecule has 0 spiro atoms. The van der Waals surface area contributed by atoms with Crippen LogP contribution in [0.4, 0.5) is 0 Å². The van der Waals surface area contributed by atoms with Crippen LogP contribution < -0.4 is 4.74 Å². The molecule has 0 saturated heterocycles. The van der Waals surface area contributed by atoms with Crippen molar-refractivity contribution in [3.63, 3.8) is 0 Å². The maximum Gasteiger partial charge on any atom is 0.224 e. The number of aromatic nitrogens is 3. The van der Waals surface area contributed by atoms with E-state index < -0.39 is 0 Å². The maximum atomic E-state index is 9.25. The summed E-state index contributed by atoms with van der Waals surface area (Å²) in [5.41, 5.74) is 0.627. The Bertz CT molecular complexity index is 540. The average Bonchev–Trinajstić information content (AvgIpc) is 2.80. The minimum atomic E-state index is -0.125. The summed E-state index contributed by atoms with van der Waals surface area (Å²) in [6, 6.07) is 2.05. The van der Waals surface area contributed by atoms with Gasteiger partial charge in [-0.1, -0.05) is 0 Å². The molecular formula is C12H14BrN3O2. The Hall–Kier alpha value is -1.40. The van der Waals surface area contributed by atoms with E-state index in [0.29, 0.717) is 17.2 Å². The van der Waals surface area contributed by atoms with E-state index in [1.54, 1.807) is 29.3 Å². The molecular weight excluding hydrogens is 298 g/mol. The van der Waals surface area contributed by atoms with E-state index in [0.717, 1.165) is 4.47 Å². The van der Waals surface area contributed by atoms with Crippen molar-refractivity contribution in [1.29, 1.82) is 0 Å². The molecule has 0 aliphatic heterocycles. The number of ether oxygens (including phenoxy) is 1. The van der Waals surface area contributed by atoms with Crippen LogP contribution in [0.3, 0.4) is 0 Å². The Morgan fingerprint density at radius 1 is 1.44 bits per heavy atom. The summed E-state index contributed by atoms with van der Waals surface area (Å²) in [5.74, 6) is 0.997. The van der Waals surface area contributed by atoms with Crippen LogP contribution in [-0.4, -0.2) is 19.9 Å². The molecule has 0 unspecified atom stereocenters. The topological polar surface area (TPSA) is 60.2 Å². The largest absolute Gasteiger partial charge is 0.435 e. The standard InChI is InChI=1S/C12H14BrN3O2/c1-8(2)16-6-11(5-15-16)18-12-9(7-17)3-10(13)4-14-12/h3-6,8,17H,7H2,1-2H3. The van der Waals surface area contributed by atoms with Crippen LogP contribution in [-0.2, 0) is 6.61 Å². The molecule has 1 N–H and O–H groups in total. The minimum absolute atomic E-state index is 0.125. The van der Waals surface area contributed by atoms with Crippen molar-refractivity contribution in [2.24, 2.45) is 0 Å². The molecule has 0 atom stereocenters. The fourth-order valence-electron chi connectivity index (χ4n) is 1.44. The van der Waals surface area contributed by atoms with Gasteiger partial charge < -0.3 is 9.84 Å². The molecule has 0 radical (unpaired) electrons. The second-order valence-electron chi connectivity index (χ2n) is 4.13. The lowest BCUT2D eigenvalue weighted by molar-refractivity contribution is 0.275. The molecule has 0 amide bonds. The second-order valence-corrected chi connectivity index (χ2v) is 5.04. The summed E-state index contributed by atoms with van der Waals surface area (Å²) < 4.78 is 8.21. The van der Waals surface area contributed by atoms with Gasteiger partial charge in [0, 0.05) is 22.3 Å². The highest BCUT2D eigenvalue weighted by Gasteiger charge is 2.09. The van der Waals surface area contributed by atoms with Crippen molar-refractivity contribution >= 4 is 15.9 Å². The molecule has 5 nitrogen and oxygen atoms in total. The van der Waals surface area contributed by atoms with E-state index >= 15 is 0 Å². The van der Waals surface area contributed by atoms with Gasteiger partial charge in [-0.05, 0) is 35.8 Å². The Balaban J connectivity index is 2.22. The van der Waals surface area contributed by atoms with Crippen LogP contribution in [0.25, 0.3) is 0 Å². The zero-order chi connectivity index (χ0) is 13.1. The van der Waals surface area contributed by atoms with Crippen LogP contribution in [0.2, 0.25) is 0 Å². The van der Waals surface area contributed by atoms with Gasteiger partial charge in [0.15, 0.2) is 5.75 Å². The van der Waals surface area contributed by atoms with Crippen molar-refractivity contribution in [2.75, 3.05) is 0 Å². The Morgan fingerprint density at radius 2 is 2.22 bits per heavy atom. The third kappa shape index (κ3) is 2.88. The number of aliphatic hydroxyl groups excluding tert-OH is 1. The predicted octanol–water partition coefficient (Wildman–Crippen LogP) is 2.91. The molecule has 0 aromatic carbocycles. The van der Waals surface area contributed by atoms with E-state index in [1.165, 1.54) is 0 Å². The first kappa shape index (κ1) is 13.0. The number of rotatable bonds is 4. The smallest absolute Gasteiger partial charge is 0.224 e. The fraction of sp³-hybridized carbons (Fsp3) is 0.333. The molecule has 2 aromatic rings. The van der Waals surface area contributed by atoms with E-state index in [-0.39, 0.29) is 12.6 Å². The Morgan fingerprint density at radius 3 is 2.83 bits per heavy atom. The van der Waals surface area contributed by atoms with Gasteiger partial charge in [0.1, 0.15) is 0 Å². The molecule has 2 rings (SSSR count). The zero-order valence-electron chi connectivity index (χ0n) is 10.2. The quantitative estimate of drug-likeness (QED) is 0.943. The lowest BCUT2D eigenvalue weighted by Gasteiger charge is -2.07. The van der Waals surface area contributed by atoms with Crippen molar-refractivity contribution in [2.45, 2.75) is 26.5 Å². The third-order valence-electron chi connectivity index (χ3n) is 2.38. The second kappa shape index (κ2) is 5.49. The lowest BCUT2D eigenvalue weighted by Crippen LogP contribution is -1.99. The fourth-order valence-corrected chi connectivity index (χ4v) is 1.82. The van der Waals surface area contributed by atoms with Gasteiger partial charge >= 0.3 is 0 Å². The summed E-state index contributed by atoms with van der Waals surface area (Å²) in [5, 5.41) is 13.4. The molecule has 2 heterocycles. The molecule has 18 heavy (non-hydrogen) atoms. The SMILES string of the molecule is CC(C)n1cc(Oc2ncc(Br)cc2CO)cn1. The molecule has 96 valence electrons. The highest BCUT2D eigenvalue weighted by molar-refractivity contribution is 9.10. The highest BCUT2D eigenvalue weighted by atomic mass is 79.9. The van der Waals surface area contributed by atoms with Gasteiger partial charge in [0.25, 0.3) is 0 Å². The van der Waals surface area contributed by atoms with Crippen molar-refractivity contribution in [1.82, 2.24) is 14.8 Å². The predicted molar refractivity (Wildman–Crippen MR) is 70.5 cm³/mol. The first-order valence-corrected chi connectivity index (χ1v) is 6.36. The van der Waals surface area contributed by atoms with E-state index in [9.17, 15) is 5.11 Å². The summed E-state index contributed by atoms with van der Waals surface area (Å²) in [6.07, 6.45) is 5.06. The van der Waals surface area contributed by atoms with Gasteiger partial charge in [-0.25, -0.2) is 4.98 Å². The molecule has 0 bridgehead atoms. The first-order chi connectivity index (χ1) is 8.60. The molecule has 0 aliphatic rings. The van der Waals surface area contributed by atoms with Crippen LogP contribution in [0, 0.1) is 0 Å². The van der Waals surface area contributed by atoms with Crippen LogP contribution in [0.1, 0.15) is 25.5 Å². The molecule has 0 aliphatic carbocycles. The van der Waals surface area contributed by atoms with Crippen molar-refractivity contribution in [3.05, 3.63) is 34.7 Å². The highest BCUT2D eigenvalue weighted by Crippen LogP contribution is 2.25. The molecule has 0 fully saturated rings. The van der Waals surface area contributed by atoms with Crippen LogP contribution >= 0.6 is 15.9 Å². The zero-order valence-corrected chi connectivity index (χ0v) is 11.8. The molecule has 6 heteroatoms. The number of aliphatic hydroxyl groups is 1. The van der Waals surface area contributed by atoms with E-state index in [1.807, 2.05) is 13.8 Å².